The van der Waals surface area contributed by atoms with Crippen LogP contribution in [-0.2, 0) is 19.1 Å². The average molecular weight is 420 g/mol. The van der Waals surface area contributed by atoms with Crippen LogP contribution in [0.5, 0.6) is 0 Å². The van der Waals surface area contributed by atoms with Gasteiger partial charge in [0.05, 0.1) is 8.53 Å². The number of carbonyl (C=O) groups is 1. The lowest BCUT2D eigenvalue weighted by atomic mass is 9.94. The normalized spacial score (nSPS) is 28.5. The van der Waals surface area contributed by atoms with Gasteiger partial charge in [-0.25, -0.2) is 10.3 Å². The van der Waals surface area contributed by atoms with Gasteiger partial charge in [0, 0.05) is 24.3 Å². The van der Waals surface area contributed by atoms with E-state index in [1.54, 1.807) is 11.3 Å². The van der Waals surface area contributed by atoms with E-state index in [0.29, 0.717) is 13.0 Å². The molecule has 1 aromatic heterocycles. The van der Waals surface area contributed by atoms with E-state index < -0.39 is 0 Å². The molecular formula is C16H22BrNO3S2. The SMILES string of the molecule is O=C(C[C@]1(c2ccc(Br)s2)CCCCS1)NOC1CCCCO1. The molecule has 1 aromatic rings. The average Bonchev–Trinajstić information content (AvgIpc) is 3.02. The van der Waals surface area contributed by atoms with Crippen LogP contribution in [0.15, 0.2) is 15.9 Å². The largest absolute Gasteiger partial charge is 0.350 e. The van der Waals surface area contributed by atoms with Gasteiger partial charge < -0.3 is 4.74 Å². The molecule has 4 nitrogen and oxygen atoms in total. The van der Waals surface area contributed by atoms with Gasteiger partial charge in [0.2, 0.25) is 5.91 Å². The molecule has 0 radical (unpaired) electrons. The number of halogens is 1. The minimum Gasteiger partial charge on any atom is -0.350 e. The molecule has 1 N–H and O–H groups in total. The van der Waals surface area contributed by atoms with Crippen LogP contribution >= 0.6 is 39.0 Å². The summed E-state index contributed by atoms with van der Waals surface area (Å²) in [4.78, 5) is 19.1. The number of rotatable bonds is 5. The van der Waals surface area contributed by atoms with Gasteiger partial charge in [0.15, 0.2) is 6.29 Å². The van der Waals surface area contributed by atoms with E-state index in [2.05, 4.69) is 33.5 Å². The maximum Gasteiger partial charge on any atom is 0.245 e. The monoisotopic (exact) mass is 419 g/mol. The molecule has 0 aliphatic carbocycles. The van der Waals surface area contributed by atoms with Crippen LogP contribution in [0.1, 0.15) is 49.8 Å². The molecule has 2 atom stereocenters. The maximum absolute atomic E-state index is 12.4. The van der Waals surface area contributed by atoms with E-state index in [1.807, 2.05) is 11.8 Å². The lowest BCUT2D eigenvalue weighted by Crippen LogP contribution is -2.37. The number of hydroxylamine groups is 1. The number of amides is 1. The summed E-state index contributed by atoms with van der Waals surface area (Å²) in [5.41, 5.74) is 2.62. The van der Waals surface area contributed by atoms with E-state index in [-0.39, 0.29) is 16.9 Å². The summed E-state index contributed by atoms with van der Waals surface area (Å²) < 4.78 is 6.49. The Morgan fingerprint density at radius 1 is 1.39 bits per heavy atom. The third-order valence-corrected chi connectivity index (χ3v) is 7.83. The molecule has 128 valence electrons. The van der Waals surface area contributed by atoms with Crippen molar-refractivity contribution in [3.63, 3.8) is 0 Å². The third kappa shape index (κ3) is 4.72. The molecule has 2 saturated heterocycles. The second-order valence-corrected chi connectivity index (χ2v) is 9.96. The van der Waals surface area contributed by atoms with E-state index in [4.69, 9.17) is 9.57 Å². The van der Waals surface area contributed by atoms with E-state index in [1.165, 1.54) is 17.7 Å². The van der Waals surface area contributed by atoms with Crippen LogP contribution < -0.4 is 5.48 Å². The summed E-state index contributed by atoms with van der Waals surface area (Å²) >= 11 is 7.18. The van der Waals surface area contributed by atoms with Gasteiger partial charge in [-0.3, -0.25) is 4.79 Å². The molecule has 3 heterocycles. The molecule has 2 fully saturated rings. The first kappa shape index (κ1) is 17.7. The van der Waals surface area contributed by atoms with Crippen molar-refractivity contribution in [2.45, 2.75) is 56.0 Å². The minimum absolute atomic E-state index is 0.0573. The first-order valence-corrected chi connectivity index (χ1v) is 10.7. The fraction of sp³-hybridized carbons (Fsp3) is 0.688. The zero-order valence-electron chi connectivity index (χ0n) is 13.0. The van der Waals surface area contributed by atoms with Crippen molar-refractivity contribution in [3.8, 4) is 0 Å². The first-order chi connectivity index (χ1) is 11.2. The highest BCUT2D eigenvalue weighted by Crippen LogP contribution is 2.50. The number of hydrogen-bond acceptors (Lipinski definition) is 5. The topological polar surface area (TPSA) is 47.6 Å². The molecular weight excluding hydrogens is 398 g/mol. The number of ether oxygens (including phenoxy) is 1. The molecule has 0 aromatic carbocycles. The zero-order valence-corrected chi connectivity index (χ0v) is 16.2. The highest BCUT2D eigenvalue weighted by Gasteiger charge is 2.38. The minimum atomic E-state index is -0.293. The Labute approximate surface area is 153 Å². The Morgan fingerprint density at radius 2 is 2.30 bits per heavy atom. The van der Waals surface area contributed by atoms with Crippen molar-refractivity contribution in [2.75, 3.05) is 12.4 Å². The number of carbonyl (C=O) groups excluding carboxylic acids is 1. The highest BCUT2D eigenvalue weighted by atomic mass is 79.9. The molecule has 0 saturated carbocycles. The van der Waals surface area contributed by atoms with Crippen molar-refractivity contribution >= 4 is 44.9 Å². The molecule has 2 aliphatic heterocycles. The van der Waals surface area contributed by atoms with Crippen LogP contribution in [0.3, 0.4) is 0 Å². The van der Waals surface area contributed by atoms with Gasteiger partial charge >= 0.3 is 0 Å². The number of nitrogens with one attached hydrogen (secondary N) is 1. The Morgan fingerprint density at radius 3 is 2.96 bits per heavy atom. The zero-order chi connectivity index (χ0) is 16.1. The first-order valence-electron chi connectivity index (χ1n) is 8.14. The molecule has 7 heteroatoms. The van der Waals surface area contributed by atoms with E-state index in [0.717, 1.165) is 35.2 Å². The summed E-state index contributed by atoms with van der Waals surface area (Å²) in [7, 11) is 0. The molecule has 0 spiro atoms. The summed E-state index contributed by atoms with van der Waals surface area (Å²) in [5, 5.41) is 0. The second-order valence-electron chi connectivity index (χ2n) is 6.02. The van der Waals surface area contributed by atoms with E-state index >= 15 is 0 Å². The second kappa shape index (κ2) is 8.34. The van der Waals surface area contributed by atoms with Crippen LogP contribution in [-0.4, -0.2) is 24.6 Å². The van der Waals surface area contributed by atoms with Crippen LogP contribution in [0, 0.1) is 0 Å². The quantitative estimate of drug-likeness (QED) is 0.708. The smallest absolute Gasteiger partial charge is 0.245 e. The van der Waals surface area contributed by atoms with Crippen LogP contribution in [0.4, 0.5) is 0 Å². The van der Waals surface area contributed by atoms with Gasteiger partial charge in [-0.15, -0.1) is 23.1 Å². The van der Waals surface area contributed by atoms with Crippen molar-refractivity contribution in [2.24, 2.45) is 0 Å². The summed E-state index contributed by atoms with van der Waals surface area (Å²) in [6.07, 6.45) is 6.60. The summed E-state index contributed by atoms with van der Waals surface area (Å²) in [6, 6.07) is 4.21. The predicted octanol–water partition coefficient (Wildman–Crippen LogP) is 4.59. The molecule has 1 unspecified atom stereocenters. The lowest BCUT2D eigenvalue weighted by Gasteiger charge is -2.35. The summed E-state index contributed by atoms with van der Waals surface area (Å²) in [6.45, 7) is 0.712. The molecule has 3 rings (SSSR count). The fourth-order valence-corrected chi connectivity index (χ4v) is 6.33. The Balaban J connectivity index is 1.60. The lowest BCUT2D eigenvalue weighted by molar-refractivity contribution is -0.200. The van der Waals surface area contributed by atoms with Crippen LogP contribution in [0.2, 0.25) is 0 Å². The Kier molecular flexibility index (Phi) is 6.43. The summed E-state index contributed by atoms with van der Waals surface area (Å²) in [5.74, 6) is 1.05. The van der Waals surface area contributed by atoms with Crippen molar-refractivity contribution in [3.05, 3.63) is 20.8 Å². The Bertz CT molecular complexity index is 525. The standard InChI is InChI=1S/C16H22BrNO3S2/c17-13-7-6-12(23-13)16(8-2-4-10-22-16)11-14(19)18-21-15-5-1-3-9-20-15/h6-7,15H,1-5,8-11H2,(H,18,19)/t15?,16-/m0/s1. The van der Waals surface area contributed by atoms with Gasteiger partial charge in [0.1, 0.15) is 0 Å². The number of thiophene rings is 1. The van der Waals surface area contributed by atoms with Gasteiger partial charge in [-0.1, -0.05) is 6.42 Å². The van der Waals surface area contributed by atoms with Crippen LogP contribution in [0.25, 0.3) is 0 Å². The third-order valence-electron chi connectivity index (χ3n) is 4.26. The molecule has 1 amide bonds. The molecule has 23 heavy (non-hydrogen) atoms. The van der Waals surface area contributed by atoms with E-state index in [9.17, 15) is 4.79 Å². The van der Waals surface area contributed by atoms with Crippen molar-refractivity contribution in [1.29, 1.82) is 0 Å². The van der Waals surface area contributed by atoms with Gasteiger partial charge in [0.25, 0.3) is 0 Å². The number of thioether (sulfide) groups is 1. The van der Waals surface area contributed by atoms with Gasteiger partial charge in [-0.2, -0.15) is 0 Å². The highest BCUT2D eigenvalue weighted by molar-refractivity contribution is 9.11. The molecule has 0 bridgehead atoms. The van der Waals surface area contributed by atoms with Gasteiger partial charge in [-0.05, 0) is 59.5 Å². The fourth-order valence-electron chi connectivity index (χ4n) is 3.06. The number of hydrogen-bond donors (Lipinski definition) is 1. The Hall–Kier alpha value is -0.0800. The predicted molar refractivity (Wildman–Crippen MR) is 97.4 cm³/mol. The maximum atomic E-state index is 12.4. The van der Waals surface area contributed by atoms with Crippen molar-refractivity contribution < 1.29 is 14.4 Å². The van der Waals surface area contributed by atoms with Crippen molar-refractivity contribution in [1.82, 2.24) is 5.48 Å². The molecule has 2 aliphatic rings.